The van der Waals surface area contributed by atoms with Gasteiger partial charge in [-0.3, -0.25) is 9.59 Å². The molecule has 2 N–H and O–H groups in total. The van der Waals surface area contributed by atoms with Crippen molar-refractivity contribution in [3.05, 3.63) is 29.8 Å². The summed E-state index contributed by atoms with van der Waals surface area (Å²) in [7, 11) is 0. The van der Waals surface area contributed by atoms with Gasteiger partial charge >= 0.3 is 0 Å². The molecule has 0 bridgehead atoms. The van der Waals surface area contributed by atoms with E-state index in [0.29, 0.717) is 19.1 Å². The first-order valence-corrected chi connectivity index (χ1v) is 7.99. The molecule has 2 amide bonds. The molecule has 1 atom stereocenters. The number of benzene rings is 1. The van der Waals surface area contributed by atoms with Crippen molar-refractivity contribution in [2.24, 2.45) is 0 Å². The Labute approximate surface area is 132 Å². The highest BCUT2D eigenvalue weighted by Gasteiger charge is 2.24. The molecule has 120 valence electrons. The second kappa shape index (κ2) is 7.82. The lowest BCUT2D eigenvalue weighted by Crippen LogP contribution is -2.46. The van der Waals surface area contributed by atoms with Crippen LogP contribution in [0.15, 0.2) is 24.3 Å². The highest BCUT2D eigenvalue weighted by Crippen LogP contribution is 2.29. The standard InChI is InChI=1S/C17H25N3O2/c1-3-10-18-16(21)11-19-17(22)12-20-13(2)8-9-14-6-4-5-7-15(14)20/h4-7,13H,3,8-12H2,1-2H3,(H,18,21)(H,19,22)/t13-/m0/s1. The number of hydrogen-bond acceptors (Lipinski definition) is 3. The number of carbonyl (C=O) groups is 2. The molecule has 1 aliphatic heterocycles. The number of nitrogens with zero attached hydrogens (tertiary/aromatic N) is 1. The van der Waals surface area contributed by atoms with Gasteiger partial charge in [-0.2, -0.15) is 0 Å². The minimum Gasteiger partial charge on any atom is -0.359 e. The lowest BCUT2D eigenvalue weighted by Gasteiger charge is -2.36. The van der Waals surface area contributed by atoms with Crippen molar-refractivity contribution in [3.63, 3.8) is 0 Å². The molecule has 1 aromatic rings. The van der Waals surface area contributed by atoms with E-state index in [4.69, 9.17) is 0 Å². The average Bonchev–Trinajstić information content (AvgIpc) is 2.53. The van der Waals surface area contributed by atoms with Crippen molar-refractivity contribution >= 4 is 17.5 Å². The normalized spacial score (nSPS) is 16.8. The van der Waals surface area contributed by atoms with E-state index in [2.05, 4.69) is 34.6 Å². The number of carbonyl (C=O) groups excluding carboxylic acids is 2. The first-order chi connectivity index (χ1) is 10.6. The van der Waals surface area contributed by atoms with Gasteiger partial charge in [0.25, 0.3) is 0 Å². The van der Waals surface area contributed by atoms with Crippen LogP contribution in [0.25, 0.3) is 0 Å². The summed E-state index contributed by atoms with van der Waals surface area (Å²) in [4.78, 5) is 25.8. The van der Waals surface area contributed by atoms with Crippen molar-refractivity contribution in [2.75, 3.05) is 24.5 Å². The molecule has 0 radical (unpaired) electrons. The summed E-state index contributed by atoms with van der Waals surface area (Å²) in [5.74, 6) is -0.252. The zero-order chi connectivity index (χ0) is 15.9. The maximum atomic E-state index is 12.1. The number of amides is 2. The number of nitrogens with one attached hydrogen (secondary N) is 2. The molecular formula is C17H25N3O2. The Bertz CT molecular complexity index is 530. The molecular weight excluding hydrogens is 278 g/mol. The van der Waals surface area contributed by atoms with E-state index >= 15 is 0 Å². The van der Waals surface area contributed by atoms with Crippen LogP contribution in [-0.4, -0.2) is 37.5 Å². The Morgan fingerprint density at radius 1 is 1.23 bits per heavy atom. The number of anilines is 1. The molecule has 0 aromatic heterocycles. The van der Waals surface area contributed by atoms with Gasteiger partial charge in [0.1, 0.15) is 0 Å². The smallest absolute Gasteiger partial charge is 0.239 e. The van der Waals surface area contributed by atoms with Gasteiger partial charge < -0.3 is 15.5 Å². The Morgan fingerprint density at radius 2 is 2.00 bits per heavy atom. The van der Waals surface area contributed by atoms with E-state index in [0.717, 1.165) is 24.9 Å². The van der Waals surface area contributed by atoms with Gasteiger partial charge in [-0.1, -0.05) is 25.1 Å². The van der Waals surface area contributed by atoms with Crippen LogP contribution in [0.2, 0.25) is 0 Å². The maximum absolute atomic E-state index is 12.1. The Hall–Kier alpha value is -2.04. The highest BCUT2D eigenvalue weighted by atomic mass is 16.2. The molecule has 0 unspecified atom stereocenters. The van der Waals surface area contributed by atoms with Gasteiger partial charge in [-0.05, 0) is 37.8 Å². The van der Waals surface area contributed by atoms with Gasteiger partial charge in [0.2, 0.25) is 11.8 Å². The molecule has 0 aliphatic carbocycles. The summed E-state index contributed by atoms with van der Waals surface area (Å²) >= 11 is 0. The topological polar surface area (TPSA) is 61.4 Å². The second-order valence-corrected chi connectivity index (χ2v) is 5.77. The summed E-state index contributed by atoms with van der Waals surface area (Å²) in [5, 5.41) is 5.45. The molecule has 2 rings (SSSR count). The van der Waals surface area contributed by atoms with E-state index in [1.54, 1.807) is 0 Å². The van der Waals surface area contributed by atoms with Crippen molar-refractivity contribution in [1.29, 1.82) is 0 Å². The van der Waals surface area contributed by atoms with Crippen LogP contribution in [0.3, 0.4) is 0 Å². The van der Waals surface area contributed by atoms with Crippen LogP contribution in [0.5, 0.6) is 0 Å². The predicted octanol–water partition coefficient (Wildman–Crippen LogP) is 1.47. The Morgan fingerprint density at radius 3 is 2.77 bits per heavy atom. The van der Waals surface area contributed by atoms with E-state index in [9.17, 15) is 9.59 Å². The third-order valence-corrected chi connectivity index (χ3v) is 4.00. The van der Waals surface area contributed by atoms with Crippen LogP contribution in [0.1, 0.15) is 32.3 Å². The molecule has 5 nitrogen and oxygen atoms in total. The quantitative estimate of drug-likeness (QED) is 0.836. The Kier molecular flexibility index (Phi) is 5.81. The zero-order valence-electron chi connectivity index (χ0n) is 13.4. The van der Waals surface area contributed by atoms with E-state index in [1.807, 2.05) is 19.1 Å². The van der Waals surface area contributed by atoms with Crippen LogP contribution in [-0.2, 0) is 16.0 Å². The number of para-hydroxylation sites is 1. The van der Waals surface area contributed by atoms with Gasteiger partial charge in [0.05, 0.1) is 13.1 Å². The predicted molar refractivity (Wildman–Crippen MR) is 87.9 cm³/mol. The molecule has 1 aromatic carbocycles. The van der Waals surface area contributed by atoms with Crippen LogP contribution < -0.4 is 15.5 Å². The number of fused-ring (bicyclic) bond motifs is 1. The molecule has 5 heteroatoms. The van der Waals surface area contributed by atoms with Gasteiger partial charge in [-0.25, -0.2) is 0 Å². The van der Waals surface area contributed by atoms with Gasteiger partial charge in [0, 0.05) is 18.3 Å². The number of rotatable bonds is 6. The van der Waals surface area contributed by atoms with Crippen molar-refractivity contribution in [2.45, 2.75) is 39.2 Å². The zero-order valence-corrected chi connectivity index (χ0v) is 13.4. The minimum atomic E-state index is -0.137. The third-order valence-electron chi connectivity index (χ3n) is 4.00. The second-order valence-electron chi connectivity index (χ2n) is 5.77. The maximum Gasteiger partial charge on any atom is 0.239 e. The summed E-state index contributed by atoms with van der Waals surface area (Å²) < 4.78 is 0. The summed E-state index contributed by atoms with van der Waals surface area (Å²) in [5.41, 5.74) is 2.42. The van der Waals surface area contributed by atoms with Crippen LogP contribution >= 0.6 is 0 Å². The first-order valence-electron chi connectivity index (χ1n) is 7.99. The largest absolute Gasteiger partial charge is 0.359 e. The van der Waals surface area contributed by atoms with Crippen LogP contribution in [0.4, 0.5) is 5.69 Å². The van der Waals surface area contributed by atoms with Crippen LogP contribution in [0, 0.1) is 0 Å². The van der Waals surface area contributed by atoms with E-state index < -0.39 is 0 Å². The third kappa shape index (κ3) is 4.23. The fourth-order valence-corrected chi connectivity index (χ4v) is 2.72. The Balaban J connectivity index is 1.90. The molecule has 1 heterocycles. The van der Waals surface area contributed by atoms with Crippen molar-refractivity contribution < 1.29 is 9.59 Å². The highest BCUT2D eigenvalue weighted by molar-refractivity contribution is 5.87. The summed E-state index contributed by atoms with van der Waals surface area (Å²) in [6.45, 7) is 5.11. The van der Waals surface area contributed by atoms with Crippen molar-refractivity contribution in [3.8, 4) is 0 Å². The molecule has 0 saturated carbocycles. The summed E-state index contributed by atoms with van der Waals surface area (Å²) in [6.07, 6.45) is 2.98. The first kappa shape index (κ1) is 16.3. The molecule has 1 aliphatic rings. The fraction of sp³-hybridized carbons (Fsp3) is 0.529. The number of aryl methyl sites for hydroxylation is 1. The summed E-state index contributed by atoms with van der Waals surface area (Å²) in [6, 6.07) is 8.54. The lowest BCUT2D eigenvalue weighted by atomic mass is 9.97. The molecule has 22 heavy (non-hydrogen) atoms. The van der Waals surface area contributed by atoms with E-state index in [1.165, 1.54) is 5.56 Å². The minimum absolute atomic E-state index is 0.0443. The average molecular weight is 303 g/mol. The molecule has 0 saturated heterocycles. The van der Waals surface area contributed by atoms with E-state index in [-0.39, 0.29) is 18.4 Å². The van der Waals surface area contributed by atoms with Gasteiger partial charge in [0.15, 0.2) is 0 Å². The monoisotopic (exact) mass is 303 g/mol. The van der Waals surface area contributed by atoms with Crippen molar-refractivity contribution in [1.82, 2.24) is 10.6 Å². The molecule has 0 fully saturated rings. The van der Waals surface area contributed by atoms with Gasteiger partial charge in [-0.15, -0.1) is 0 Å². The molecule has 0 spiro atoms. The fourth-order valence-electron chi connectivity index (χ4n) is 2.72. The number of hydrogen-bond donors (Lipinski definition) is 2. The SMILES string of the molecule is CCCNC(=O)CNC(=O)CN1c2ccccc2CC[C@@H]1C. The lowest BCUT2D eigenvalue weighted by molar-refractivity contribution is -0.125.